The highest BCUT2D eigenvalue weighted by molar-refractivity contribution is 7.93. The molecule has 7 heteroatoms. The summed E-state index contributed by atoms with van der Waals surface area (Å²) in [5, 5.41) is 2.84. The summed E-state index contributed by atoms with van der Waals surface area (Å²) >= 11 is 0. The molecule has 1 atom stereocenters. The molecule has 0 saturated carbocycles. The quantitative estimate of drug-likeness (QED) is 0.639. The summed E-state index contributed by atoms with van der Waals surface area (Å²) in [4.78, 5) is 12.9. The molecule has 1 unspecified atom stereocenters. The Morgan fingerprint density at radius 2 is 1.61 bits per heavy atom. The van der Waals surface area contributed by atoms with E-state index in [0.717, 1.165) is 16.9 Å². The van der Waals surface area contributed by atoms with Crippen molar-refractivity contribution < 1.29 is 17.9 Å². The first-order chi connectivity index (χ1) is 14.9. The molecule has 31 heavy (non-hydrogen) atoms. The summed E-state index contributed by atoms with van der Waals surface area (Å²) in [5.74, 6) is 0.367. The van der Waals surface area contributed by atoms with Crippen LogP contribution in [-0.4, -0.2) is 33.5 Å². The number of benzene rings is 3. The SMILES string of the molecule is Cc1ccccc1OCC(C)NC(=O)CN1c2ccccc2-c2ccccc2S1(=O)=O. The molecule has 6 nitrogen and oxygen atoms in total. The number of ether oxygens (including phenoxy) is 1. The van der Waals surface area contributed by atoms with E-state index < -0.39 is 15.9 Å². The molecule has 0 bridgehead atoms. The monoisotopic (exact) mass is 436 g/mol. The summed E-state index contributed by atoms with van der Waals surface area (Å²) in [6.45, 7) is 3.75. The van der Waals surface area contributed by atoms with Gasteiger partial charge in [-0.3, -0.25) is 9.10 Å². The van der Waals surface area contributed by atoms with Gasteiger partial charge in [0, 0.05) is 11.1 Å². The van der Waals surface area contributed by atoms with Crippen molar-refractivity contribution in [2.45, 2.75) is 24.8 Å². The molecular weight excluding hydrogens is 412 g/mol. The van der Waals surface area contributed by atoms with E-state index in [4.69, 9.17) is 4.74 Å². The molecule has 0 radical (unpaired) electrons. The number of rotatable bonds is 6. The van der Waals surface area contributed by atoms with Crippen molar-refractivity contribution in [3.63, 3.8) is 0 Å². The second-order valence-electron chi connectivity index (χ2n) is 7.57. The van der Waals surface area contributed by atoms with Gasteiger partial charge in [0.25, 0.3) is 10.0 Å². The number of para-hydroxylation sites is 2. The number of carbonyl (C=O) groups is 1. The second kappa shape index (κ2) is 8.43. The number of sulfonamides is 1. The first kappa shape index (κ1) is 20.9. The number of carbonyl (C=O) groups excluding carboxylic acids is 1. The zero-order valence-corrected chi connectivity index (χ0v) is 18.2. The van der Waals surface area contributed by atoms with Gasteiger partial charge in [-0.15, -0.1) is 0 Å². The third-order valence-corrected chi connectivity index (χ3v) is 7.01. The maximum atomic E-state index is 13.3. The maximum Gasteiger partial charge on any atom is 0.265 e. The van der Waals surface area contributed by atoms with Crippen LogP contribution in [-0.2, 0) is 14.8 Å². The topological polar surface area (TPSA) is 75.7 Å². The van der Waals surface area contributed by atoms with Crippen molar-refractivity contribution in [1.82, 2.24) is 5.32 Å². The van der Waals surface area contributed by atoms with Crippen LogP contribution in [0.1, 0.15) is 12.5 Å². The average Bonchev–Trinajstić information content (AvgIpc) is 2.76. The predicted octanol–water partition coefficient (Wildman–Crippen LogP) is 3.75. The smallest absolute Gasteiger partial charge is 0.265 e. The Hall–Kier alpha value is -3.32. The lowest BCUT2D eigenvalue weighted by Crippen LogP contribution is -2.46. The molecule has 3 aromatic carbocycles. The molecule has 0 saturated heterocycles. The standard InChI is InChI=1S/C24H24N2O4S/c1-17-9-3-7-13-22(17)30-16-18(2)25-24(27)15-26-21-12-6-4-10-19(21)20-11-5-8-14-23(20)31(26,28)29/h3-14,18H,15-16H2,1-2H3,(H,25,27). The number of anilines is 1. The lowest BCUT2D eigenvalue weighted by atomic mass is 10.0. The summed E-state index contributed by atoms with van der Waals surface area (Å²) in [7, 11) is -3.85. The highest BCUT2D eigenvalue weighted by Gasteiger charge is 2.35. The van der Waals surface area contributed by atoms with Crippen molar-refractivity contribution >= 4 is 21.6 Å². The molecule has 0 aliphatic carbocycles. The Balaban J connectivity index is 1.50. The number of nitrogens with zero attached hydrogens (tertiary/aromatic N) is 1. The van der Waals surface area contributed by atoms with Crippen LogP contribution >= 0.6 is 0 Å². The normalized spacial score (nSPS) is 14.8. The second-order valence-corrected chi connectivity index (χ2v) is 9.40. The number of aryl methyl sites for hydroxylation is 1. The summed E-state index contributed by atoms with van der Waals surface area (Å²) in [6, 6.07) is 21.4. The molecule has 0 aromatic heterocycles. The Labute approximate surface area is 182 Å². The van der Waals surface area contributed by atoms with Crippen LogP contribution in [0.15, 0.2) is 77.7 Å². The van der Waals surface area contributed by atoms with Crippen molar-refractivity contribution in [1.29, 1.82) is 0 Å². The van der Waals surface area contributed by atoms with E-state index in [9.17, 15) is 13.2 Å². The van der Waals surface area contributed by atoms with Crippen LogP contribution < -0.4 is 14.4 Å². The third-order valence-electron chi connectivity index (χ3n) is 5.20. The largest absolute Gasteiger partial charge is 0.491 e. The number of amides is 1. The van der Waals surface area contributed by atoms with Gasteiger partial charge in [0.15, 0.2) is 0 Å². The summed E-state index contributed by atoms with van der Waals surface area (Å²) in [6.07, 6.45) is 0. The molecule has 160 valence electrons. The fourth-order valence-electron chi connectivity index (χ4n) is 3.68. The van der Waals surface area contributed by atoms with Gasteiger partial charge >= 0.3 is 0 Å². The van der Waals surface area contributed by atoms with Crippen molar-refractivity contribution in [3.05, 3.63) is 78.4 Å². The molecule has 4 rings (SSSR count). The predicted molar refractivity (Wildman–Crippen MR) is 121 cm³/mol. The Morgan fingerprint density at radius 3 is 2.39 bits per heavy atom. The van der Waals surface area contributed by atoms with Crippen molar-refractivity contribution in [2.75, 3.05) is 17.5 Å². The van der Waals surface area contributed by atoms with Gasteiger partial charge in [-0.25, -0.2) is 8.42 Å². The fourth-order valence-corrected chi connectivity index (χ4v) is 5.33. The minimum atomic E-state index is -3.85. The van der Waals surface area contributed by atoms with Gasteiger partial charge in [-0.2, -0.15) is 0 Å². The molecule has 1 N–H and O–H groups in total. The minimum absolute atomic E-state index is 0.206. The first-order valence-corrected chi connectivity index (χ1v) is 11.5. The van der Waals surface area contributed by atoms with Crippen LogP contribution in [0.3, 0.4) is 0 Å². The Bertz CT molecular complexity index is 1220. The van der Waals surface area contributed by atoms with Crippen LogP contribution in [0, 0.1) is 6.92 Å². The fraction of sp³-hybridized carbons (Fsp3) is 0.208. The van der Waals surface area contributed by atoms with Gasteiger partial charge in [-0.05, 0) is 37.6 Å². The van der Waals surface area contributed by atoms with E-state index in [-0.39, 0.29) is 24.1 Å². The molecule has 0 spiro atoms. The van der Waals surface area contributed by atoms with E-state index in [2.05, 4.69) is 5.32 Å². The molecule has 1 aliphatic rings. The Morgan fingerprint density at radius 1 is 0.968 bits per heavy atom. The highest BCUT2D eigenvalue weighted by Crippen LogP contribution is 2.42. The molecule has 3 aromatic rings. The number of fused-ring (bicyclic) bond motifs is 3. The third kappa shape index (κ3) is 4.14. The first-order valence-electron chi connectivity index (χ1n) is 10.1. The van der Waals surface area contributed by atoms with E-state index in [1.165, 1.54) is 4.31 Å². The van der Waals surface area contributed by atoms with Crippen LogP contribution in [0.5, 0.6) is 5.75 Å². The van der Waals surface area contributed by atoms with Crippen LogP contribution in [0.25, 0.3) is 11.1 Å². The van der Waals surface area contributed by atoms with Crippen LogP contribution in [0.4, 0.5) is 5.69 Å². The van der Waals surface area contributed by atoms with Crippen molar-refractivity contribution in [2.24, 2.45) is 0 Å². The van der Waals surface area contributed by atoms with E-state index >= 15 is 0 Å². The lowest BCUT2D eigenvalue weighted by molar-refractivity contribution is -0.120. The van der Waals surface area contributed by atoms with Crippen LogP contribution in [0.2, 0.25) is 0 Å². The minimum Gasteiger partial charge on any atom is -0.491 e. The number of nitrogens with one attached hydrogen (secondary N) is 1. The lowest BCUT2D eigenvalue weighted by Gasteiger charge is -2.31. The maximum absolute atomic E-state index is 13.3. The molecule has 0 fully saturated rings. The molecule has 1 heterocycles. The van der Waals surface area contributed by atoms with E-state index in [1.54, 1.807) is 30.3 Å². The molecule has 1 amide bonds. The van der Waals surface area contributed by atoms with Gasteiger partial charge in [-0.1, -0.05) is 54.6 Å². The Kier molecular flexibility index (Phi) is 5.69. The summed E-state index contributed by atoms with van der Waals surface area (Å²) < 4.78 is 33.5. The zero-order valence-electron chi connectivity index (χ0n) is 17.4. The molecule has 1 aliphatic heterocycles. The van der Waals surface area contributed by atoms with Gasteiger partial charge in [0.05, 0.1) is 16.6 Å². The number of hydrogen-bond donors (Lipinski definition) is 1. The summed E-state index contributed by atoms with van der Waals surface area (Å²) in [5.41, 5.74) is 2.95. The highest BCUT2D eigenvalue weighted by atomic mass is 32.2. The van der Waals surface area contributed by atoms with Gasteiger partial charge in [0.2, 0.25) is 5.91 Å². The number of hydrogen-bond acceptors (Lipinski definition) is 4. The van der Waals surface area contributed by atoms with Gasteiger partial charge in [0.1, 0.15) is 18.9 Å². The molecular formula is C24H24N2O4S. The zero-order chi connectivity index (χ0) is 22.0. The van der Waals surface area contributed by atoms with Crippen molar-refractivity contribution in [3.8, 4) is 16.9 Å². The van der Waals surface area contributed by atoms with E-state index in [0.29, 0.717) is 11.3 Å². The van der Waals surface area contributed by atoms with E-state index in [1.807, 2.05) is 56.3 Å². The van der Waals surface area contributed by atoms with Gasteiger partial charge < -0.3 is 10.1 Å². The average molecular weight is 437 g/mol.